The number of para-hydroxylation sites is 1. The van der Waals surface area contributed by atoms with Gasteiger partial charge >= 0.3 is 0 Å². The molecule has 2 N–H and O–H groups in total. The van der Waals surface area contributed by atoms with Crippen LogP contribution in [0.1, 0.15) is 44.2 Å². The number of hydrogen-bond donors (Lipinski definition) is 1. The molecular weight excluding hydrogens is 279 g/mol. The summed E-state index contributed by atoms with van der Waals surface area (Å²) in [6, 6.07) is 10.0. The highest BCUT2D eigenvalue weighted by Crippen LogP contribution is 2.27. The van der Waals surface area contributed by atoms with E-state index in [9.17, 15) is 0 Å². The maximum atomic E-state index is 6.22. The van der Waals surface area contributed by atoms with Gasteiger partial charge in [-0.25, -0.2) is 4.98 Å². The predicted molar refractivity (Wildman–Crippen MR) is 85.1 cm³/mol. The van der Waals surface area contributed by atoms with Crippen LogP contribution in [-0.4, -0.2) is 4.98 Å². The fourth-order valence-corrected chi connectivity index (χ4v) is 2.42. The molecular formula is C15H20Cl2N2. The lowest BCUT2D eigenvalue weighted by Gasteiger charge is -2.14. The van der Waals surface area contributed by atoms with Gasteiger partial charge in [0.15, 0.2) is 0 Å². The summed E-state index contributed by atoms with van der Waals surface area (Å²) in [5.74, 6) is 0. The molecule has 0 saturated heterocycles. The molecule has 0 unspecified atom stereocenters. The maximum absolute atomic E-state index is 6.22. The van der Waals surface area contributed by atoms with Gasteiger partial charge in [0.25, 0.3) is 0 Å². The summed E-state index contributed by atoms with van der Waals surface area (Å²) >= 11 is 6.22. The highest BCUT2D eigenvalue weighted by Gasteiger charge is 2.12. The lowest BCUT2D eigenvalue weighted by Crippen LogP contribution is -2.11. The minimum absolute atomic E-state index is 0. The minimum atomic E-state index is -0.0128. The molecule has 2 rings (SSSR count). The van der Waals surface area contributed by atoms with Crippen LogP contribution < -0.4 is 5.73 Å². The molecule has 104 valence electrons. The summed E-state index contributed by atoms with van der Waals surface area (Å²) < 4.78 is 0. The normalized spacial score (nSPS) is 12.2. The molecule has 1 atom stereocenters. The average Bonchev–Trinajstić information content (AvgIpc) is 2.38. The SMILES string of the molecule is CCCCC[C@@H](N)c1cc2ccccc2nc1Cl.Cl. The van der Waals surface area contributed by atoms with Crippen molar-refractivity contribution in [3.63, 3.8) is 0 Å². The number of hydrogen-bond acceptors (Lipinski definition) is 2. The predicted octanol–water partition coefficient (Wildman–Crippen LogP) is 4.89. The number of fused-ring (bicyclic) bond motifs is 1. The molecule has 2 nitrogen and oxygen atoms in total. The van der Waals surface area contributed by atoms with Gasteiger partial charge in [-0.05, 0) is 18.6 Å². The van der Waals surface area contributed by atoms with E-state index in [1.807, 2.05) is 24.3 Å². The molecule has 2 aromatic rings. The molecule has 1 aromatic carbocycles. The second-order valence-electron chi connectivity index (χ2n) is 4.66. The molecule has 0 aliphatic heterocycles. The standard InChI is InChI=1S/C15H19ClN2.ClH/c1-2-3-4-8-13(17)12-10-11-7-5-6-9-14(11)18-15(12)16;/h5-7,9-10,13H,2-4,8,17H2,1H3;1H/t13-;/m1./s1. The Kier molecular flexibility index (Phi) is 6.56. The van der Waals surface area contributed by atoms with Gasteiger partial charge < -0.3 is 5.73 Å². The Morgan fingerprint density at radius 3 is 2.74 bits per heavy atom. The molecule has 4 heteroatoms. The van der Waals surface area contributed by atoms with Gasteiger partial charge in [-0.3, -0.25) is 0 Å². The second-order valence-corrected chi connectivity index (χ2v) is 5.02. The Morgan fingerprint density at radius 2 is 2.00 bits per heavy atom. The van der Waals surface area contributed by atoms with Crippen molar-refractivity contribution in [1.29, 1.82) is 0 Å². The first kappa shape index (κ1) is 16.2. The van der Waals surface area contributed by atoms with E-state index in [1.165, 1.54) is 12.8 Å². The van der Waals surface area contributed by atoms with Crippen molar-refractivity contribution in [3.05, 3.63) is 41.0 Å². The van der Waals surface area contributed by atoms with Gasteiger partial charge in [-0.15, -0.1) is 12.4 Å². The quantitative estimate of drug-likeness (QED) is 0.630. The fraction of sp³-hybridized carbons (Fsp3) is 0.400. The van der Waals surface area contributed by atoms with Crippen LogP contribution in [-0.2, 0) is 0 Å². The zero-order valence-corrected chi connectivity index (χ0v) is 12.7. The molecule has 0 aliphatic carbocycles. The maximum Gasteiger partial charge on any atom is 0.134 e. The van der Waals surface area contributed by atoms with Crippen LogP contribution in [0.5, 0.6) is 0 Å². The number of halogens is 2. The fourth-order valence-electron chi connectivity index (χ4n) is 2.14. The monoisotopic (exact) mass is 298 g/mol. The van der Waals surface area contributed by atoms with Crippen molar-refractivity contribution >= 4 is 34.9 Å². The number of nitrogens with two attached hydrogens (primary N) is 1. The van der Waals surface area contributed by atoms with Gasteiger partial charge in [-0.2, -0.15) is 0 Å². The third kappa shape index (κ3) is 4.07. The van der Waals surface area contributed by atoms with Gasteiger partial charge in [0.05, 0.1) is 5.52 Å². The molecule has 1 aromatic heterocycles. The number of unbranched alkanes of at least 4 members (excludes halogenated alkanes) is 2. The first-order valence-corrected chi connectivity index (χ1v) is 6.91. The highest BCUT2D eigenvalue weighted by molar-refractivity contribution is 6.30. The van der Waals surface area contributed by atoms with E-state index >= 15 is 0 Å². The van der Waals surface area contributed by atoms with Crippen molar-refractivity contribution in [1.82, 2.24) is 4.98 Å². The number of aromatic nitrogens is 1. The summed E-state index contributed by atoms with van der Waals surface area (Å²) in [6.45, 7) is 2.19. The van der Waals surface area contributed by atoms with Gasteiger partial charge in [-0.1, -0.05) is 56.0 Å². The van der Waals surface area contributed by atoms with Crippen molar-refractivity contribution in [2.45, 2.75) is 38.6 Å². The lowest BCUT2D eigenvalue weighted by atomic mass is 10.0. The molecule has 0 aliphatic rings. The molecule has 0 bridgehead atoms. The van der Waals surface area contributed by atoms with Crippen LogP contribution in [0.4, 0.5) is 0 Å². The topological polar surface area (TPSA) is 38.9 Å². The molecule has 1 heterocycles. The first-order chi connectivity index (χ1) is 8.72. The van der Waals surface area contributed by atoms with E-state index in [0.717, 1.165) is 29.3 Å². The summed E-state index contributed by atoms with van der Waals surface area (Å²) in [5, 5.41) is 1.64. The van der Waals surface area contributed by atoms with Crippen LogP contribution >= 0.6 is 24.0 Å². The van der Waals surface area contributed by atoms with E-state index in [1.54, 1.807) is 0 Å². The summed E-state index contributed by atoms with van der Waals surface area (Å²) in [7, 11) is 0. The van der Waals surface area contributed by atoms with E-state index < -0.39 is 0 Å². The van der Waals surface area contributed by atoms with Crippen LogP contribution in [0.3, 0.4) is 0 Å². The van der Waals surface area contributed by atoms with Gasteiger partial charge in [0, 0.05) is 17.0 Å². The van der Waals surface area contributed by atoms with Crippen LogP contribution in [0.15, 0.2) is 30.3 Å². The molecule has 0 spiro atoms. The molecule has 0 saturated carbocycles. The summed E-state index contributed by atoms with van der Waals surface area (Å²) in [4.78, 5) is 4.41. The van der Waals surface area contributed by atoms with E-state index in [4.69, 9.17) is 17.3 Å². The Hall–Kier alpha value is -0.830. The lowest BCUT2D eigenvalue weighted by molar-refractivity contribution is 0.580. The smallest absolute Gasteiger partial charge is 0.134 e. The summed E-state index contributed by atoms with van der Waals surface area (Å²) in [5.41, 5.74) is 8.09. The zero-order chi connectivity index (χ0) is 13.0. The Morgan fingerprint density at radius 1 is 1.26 bits per heavy atom. The van der Waals surface area contributed by atoms with Crippen LogP contribution in [0.2, 0.25) is 5.15 Å². The third-order valence-corrected chi connectivity index (χ3v) is 3.53. The number of pyridine rings is 1. The Bertz CT molecular complexity index is 529. The van der Waals surface area contributed by atoms with Crippen LogP contribution in [0, 0.1) is 0 Å². The second kappa shape index (κ2) is 7.68. The zero-order valence-electron chi connectivity index (χ0n) is 11.1. The van der Waals surface area contributed by atoms with Crippen LogP contribution in [0.25, 0.3) is 10.9 Å². The number of rotatable bonds is 5. The minimum Gasteiger partial charge on any atom is -0.324 e. The summed E-state index contributed by atoms with van der Waals surface area (Å²) in [6.07, 6.45) is 4.52. The Labute approximate surface area is 125 Å². The van der Waals surface area contributed by atoms with Crippen molar-refractivity contribution in [2.75, 3.05) is 0 Å². The first-order valence-electron chi connectivity index (χ1n) is 6.53. The average molecular weight is 299 g/mol. The third-order valence-electron chi connectivity index (χ3n) is 3.22. The highest BCUT2D eigenvalue weighted by atomic mass is 35.5. The largest absolute Gasteiger partial charge is 0.324 e. The molecule has 0 radical (unpaired) electrons. The van der Waals surface area contributed by atoms with Crippen molar-refractivity contribution in [3.8, 4) is 0 Å². The number of nitrogens with zero attached hydrogens (tertiary/aromatic N) is 1. The number of benzene rings is 1. The Balaban J connectivity index is 0.00000180. The van der Waals surface area contributed by atoms with Crippen molar-refractivity contribution in [2.24, 2.45) is 5.73 Å². The molecule has 0 fully saturated rings. The van der Waals surface area contributed by atoms with Gasteiger partial charge in [0.1, 0.15) is 5.15 Å². The molecule has 0 amide bonds. The molecule has 19 heavy (non-hydrogen) atoms. The van der Waals surface area contributed by atoms with E-state index in [-0.39, 0.29) is 18.4 Å². The van der Waals surface area contributed by atoms with E-state index in [0.29, 0.717) is 5.15 Å². The van der Waals surface area contributed by atoms with E-state index in [2.05, 4.69) is 18.0 Å². The van der Waals surface area contributed by atoms with Gasteiger partial charge in [0.2, 0.25) is 0 Å². The van der Waals surface area contributed by atoms with Crippen molar-refractivity contribution < 1.29 is 0 Å².